The standard InChI is InChI=1S/C52H62N10O9S/c1-32(2)48(52(66)62-30-39(63)24-43(62)51(65)55-27-34-8-10-36(11-9-34)49-33(3)56-31-72-49)45-26-47(59-71-45)70-21-19-68-17-16-67-18-20-69-46-23-37(12-14-54-46)61-28-35-13-15-60(29-38(61)22-35)42-25-41(57-58-50(42)53)40-6-4-5-7-44(40)64/h4-12,14,23,25-26,31-32,35,38-39,43,48,63-64H,13,15-22,24,27-30H2,1-3H3,(H2,53,58)(H,55,65)/t35?,38?,39-,43+,48-/m1/s1. The van der Waals surface area contributed by atoms with Crippen molar-refractivity contribution in [3.8, 4) is 39.2 Å². The molecular weight excluding hydrogens is 941 g/mol. The number of thiazole rings is 1. The Balaban J connectivity index is 0.675. The largest absolute Gasteiger partial charge is 0.507 e. The van der Waals surface area contributed by atoms with Crippen LogP contribution in [0.3, 0.4) is 0 Å². The number of pyridine rings is 1. The van der Waals surface area contributed by atoms with Gasteiger partial charge in [-0.3, -0.25) is 9.59 Å². The summed E-state index contributed by atoms with van der Waals surface area (Å²) in [5, 5.41) is 36.6. The van der Waals surface area contributed by atoms with Crippen molar-refractivity contribution >= 4 is 40.3 Å². The third-order valence-electron chi connectivity index (χ3n) is 13.5. The number of aryl methyl sites for hydroxylation is 1. The van der Waals surface area contributed by atoms with Crippen molar-refractivity contribution in [2.75, 3.05) is 81.4 Å². The van der Waals surface area contributed by atoms with E-state index in [-0.39, 0.29) is 68.1 Å². The third kappa shape index (κ3) is 11.9. The van der Waals surface area contributed by atoms with Crippen LogP contribution in [0.25, 0.3) is 21.7 Å². The van der Waals surface area contributed by atoms with Gasteiger partial charge in [-0.25, -0.2) is 9.97 Å². The highest BCUT2D eigenvalue weighted by Gasteiger charge is 2.43. The van der Waals surface area contributed by atoms with Gasteiger partial charge in [0.2, 0.25) is 17.7 Å². The summed E-state index contributed by atoms with van der Waals surface area (Å²) in [4.78, 5) is 43.6. The molecule has 3 saturated heterocycles. The second kappa shape index (κ2) is 23.1. The summed E-state index contributed by atoms with van der Waals surface area (Å²) < 4.78 is 28.8. The van der Waals surface area contributed by atoms with Gasteiger partial charge in [0.15, 0.2) is 11.6 Å². The van der Waals surface area contributed by atoms with E-state index in [1.807, 2.05) is 80.9 Å². The van der Waals surface area contributed by atoms with Crippen molar-refractivity contribution in [2.45, 2.75) is 70.7 Å². The molecule has 19 nitrogen and oxygen atoms in total. The molecule has 2 bridgehead atoms. The predicted octanol–water partition coefficient (Wildman–Crippen LogP) is 5.86. The molecule has 5 N–H and O–H groups in total. The Labute approximate surface area is 422 Å². The number of para-hydroxylation sites is 1. The maximum absolute atomic E-state index is 14.1. The zero-order valence-electron chi connectivity index (χ0n) is 40.8. The average molecular weight is 1000 g/mol. The molecule has 4 aromatic heterocycles. The van der Waals surface area contributed by atoms with Crippen molar-refractivity contribution in [1.82, 2.24) is 35.5 Å². The summed E-state index contributed by atoms with van der Waals surface area (Å²) in [5.41, 5.74) is 14.2. The Bertz CT molecular complexity index is 2770. The van der Waals surface area contributed by atoms with E-state index in [4.69, 9.17) is 29.2 Å². The van der Waals surface area contributed by atoms with Crippen molar-refractivity contribution in [1.29, 1.82) is 0 Å². The molecular formula is C52H62N10O9S. The first kappa shape index (κ1) is 50.1. The SMILES string of the molecule is Cc1ncsc1-c1ccc(CNC(=O)[C@@H]2C[C@@H](O)CN2C(=O)[C@@H](c2cc(OCCOCCOCCOc3cc(N4CC5CCN(c6cc(-c7ccccc7O)nnc6N)CC4C5)ccn3)no2)C(C)C)cc1. The lowest BCUT2D eigenvalue weighted by atomic mass is 9.91. The number of hydrogen-bond acceptors (Lipinski definition) is 18. The highest BCUT2D eigenvalue weighted by atomic mass is 32.1. The van der Waals surface area contributed by atoms with Gasteiger partial charge >= 0.3 is 0 Å². The highest BCUT2D eigenvalue weighted by molar-refractivity contribution is 7.13. The molecule has 3 aliphatic heterocycles. The van der Waals surface area contributed by atoms with E-state index in [1.165, 1.54) is 4.90 Å². The number of phenols is 1. The molecule has 7 heterocycles. The number of anilines is 3. The molecule has 72 heavy (non-hydrogen) atoms. The van der Waals surface area contributed by atoms with Gasteiger partial charge < -0.3 is 59.4 Å². The predicted molar refractivity (Wildman–Crippen MR) is 271 cm³/mol. The number of aliphatic hydroxyl groups is 1. The number of fused-ring (bicyclic) bond motifs is 2. The molecule has 0 aliphatic carbocycles. The minimum Gasteiger partial charge on any atom is -0.507 e. The van der Waals surface area contributed by atoms with E-state index in [2.05, 4.69) is 40.4 Å². The van der Waals surface area contributed by atoms with Gasteiger partial charge in [0.1, 0.15) is 30.9 Å². The van der Waals surface area contributed by atoms with Gasteiger partial charge in [0, 0.05) is 74.8 Å². The number of carbonyl (C=O) groups excluding carboxylic acids is 2. The molecule has 20 heteroatoms. The summed E-state index contributed by atoms with van der Waals surface area (Å²) >= 11 is 1.58. The molecule has 3 fully saturated rings. The van der Waals surface area contributed by atoms with Gasteiger partial charge in [-0.15, -0.1) is 21.5 Å². The van der Waals surface area contributed by atoms with Gasteiger partial charge in [0.25, 0.3) is 5.88 Å². The van der Waals surface area contributed by atoms with Crippen LogP contribution < -0.4 is 30.3 Å². The number of aliphatic hydroxyl groups excluding tert-OH is 1. The lowest BCUT2D eigenvalue weighted by Gasteiger charge is -2.34. The first-order valence-electron chi connectivity index (χ1n) is 24.5. The molecule has 0 saturated carbocycles. The number of nitrogen functional groups attached to an aromatic ring is 1. The number of aromatic nitrogens is 5. The molecule has 0 radical (unpaired) electrons. The molecule has 2 unspecified atom stereocenters. The van der Waals surface area contributed by atoms with Crippen LogP contribution in [0.4, 0.5) is 17.2 Å². The number of amides is 2. The first-order chi connectivity index (χ1) is 35.0. The second-order valence-electron chi connectivity index (χ2n) is 18.8. The van der Waals surface area contributed by atoms with Crippen LogP contribution >= 0.6 is 11.3 Å². The summed E-state index contributed by atoms with van der Waals surface area (Å²) in [7, 11) is 0. The van der Waals surface area contributed by atoms with E-state index < -0.39 is 18.1 Å². The van der Waals surface area contributed by atoms with Gasteiger partial charge in [0.05, 0.1) is 60.0 Å². The number of carbonyl (C=O) groups is 2. The van der Waals surface area contributed by atoms with Crippen LogP contribution in [0.2, 0.25) is 0 Å². The second-order valence-corrected chi connectivity index (χ2v) is 19.7. The lowest BCUT2D eigenvalue weighted by molar-refractivity contribution is -0.141. The Morgan fingerprint density at radius 1 is 0.903 bits per heavy atom. The quantitative estimate of drug-likeness (QED) is 0.0618. The number of nitrogens with one attached hydrogen (secondary N) is 1. The zero-order valence-corrected chi connectivity index (χ0v) is 41.6. The molecule has 3 aliphatic rings. The van der Waals surface area contributed by atoms with Crippen molar-refractivity contribution in [3.63, 3.8) is 0 Å². The number of phenolic OH excluding ortho intramolecular Hbond substituents is 1. The van der Waals surface area contributed by atoms with Gasteiger partial charge in [-0.2, -0.15) is 0 Å². The Hall–Kier alpha value is -6.87. The van der Waals surface area contributed by atoms with E-state index >= 15 is 0 Å². The molecule has 6 aromatic rings. The maximum atomic E-state index is 14.1. The minimum absolute atomic E-state index is 0.0374. The van der Waals surface area contributed by atoms with E-state index in [0.29, 0.717) is 61.1 Å². The fourth-order valence-electron chi connectivity index (χ4n) is 9.84. The van der Waals surface area contributed by atoms with Crippen LogP contribution in [0.5, 0.6) is 17.5 Å². The lowest BCUT2D eigenvalue weighted by Crippen LogP contribution is -2.48. The number of β-amino-alcohol motifs (C(OH)–C–C–N with tert-alkyl or cyclic N) is 1. The number of hydrogen-bond donors (Lipinski definition) is 4. The Kier molecular flexibility index (Phi) is 16.1. The molecule has 0 spiro atoms. The number of nitrogens with two attached hydrogens (primary N) is 1. The van der Waals surface area contributed by atoms with Crippen LogP contribution in [0, 0.1) is 18.8 Å². The number of aromatic hydroxyl groups is 1. The fourth-order valence-corrected chi connectivity index (χ4v) is 10.6. The highest BCUT2D eigenvalue weighted by Crippen LogP contribution is 2.39. The van der Waals surface area contributed by atoms with Crippen LogP contribution in [0.1, 0.15) is 56.0 Å². The summed E-state index contributed by atoms with van der Waals surface area (Å²) in [5.74, 6) is 0.480. The van der Waals surface area contributed by atoms with E-state index in [1.54, 1.807) is 35.7 Å². The van der Waals surface area contributed by atoms with Crippen LogP contribution in [-0.4, -0.2) is 136 Å². The summed E-state index contributed by atoms with van der Waals surface area (Å²) in [6, 6.07) is 22.0. The Morgan fingerprint density at radius 2 is 1.67 bits per heavy atom. The summed E-state index contributed by atoms with van der Waals surface area (Å²) in [6.07, 6.45) is 3.15. The molecule has 2 aromatic carbocycles. The van der Waals surface area contributed by atoms with E-state index in [9.17, 15) is 19.8 Å². The topological polar surface area (TPSA) is 237 Å². The fraction of sp³-hybridized carbons (Fsp3) is 0.442. The van der Waals surface area contributed by atoms with Gasteiger partial charge in [-0.05, 0) is 72.2 Å². The smallest absolute Gasteiger partial charge is 0.254 e. The number of likely N-dealkylation sites (tertiary alicyclic amines) is 1. The molecule has 5 atom stereocenters. The molecule has 9 rings (SSSR count). The zero-order chi connectivity index (χ0) is 50.1. The van der Waals surface area contributed by atoms with Gasteiger partial charge in [-0.1, -0.05) is 50.2 Å². The number of rotatable bonds is 21. The molecule has 2 amide bonds. The van der Waals surface area contributed by atoms with Crippen LogP contribution in [0.15, 0.2) is 89.0 Å². The van der Waals surface area contributed by atoms with Crippen molar-refractivity contribution in [2.24, 2.45) is 11.8 Å². The van der Waals surface area contributed by atoms with Crippen molar-refractivity contribution < 1.29 is 43.3 Å². The number of nitrogens with zero attached hydrogens (tertiary/aromatic N) is 8. The normalized spacial score (nSPS) is 19.2. The summed E-state index contributed by atoms with van der Waals surface area (Å²) in [6.45, 7) is 10.5. The molecule has 380 valence electrons. The maximum Gasteiger partial charge on any atom is 0.254 e. The van der Waals surface area contributed by atoms with E-state index in [0.717, 1.165) is 65.5 Å². The first-order valence-corrected chi connectivity index (χ1v) is 25.4. The Morgan fingerprint density at radius 3 is 2.42 bits per heavy atom. The van der Waals surface area contributed by atoms with Crippen LogP contribution in [-0.2, 0) is 25.6 Å². The minimum atomic E-state index is -0.833. The van der Waals surface area contributed by atoms with Crippen molar-refractivity contribution in [3.05, 3.63) is 102 Å². The third-order valence-corrected chi connectivity index (χ3v) is 14.5. The monoisotopic (exact) mass is 1000 g/mol. The average Bonchev–Trinajstić information content (AvgIpc) is 4.18. The number of benzene rings is 2. The number of ether oxygens (including phenoxy) is 4.